The minimum absolute atomic E-state index is 0.0199. The number of halogens is 3. The Bertz CT molecular complexity index is 1500. The van der Waals surface area contributed by atoms with Gasteiger partial charge in [-0.1, -0.05) is 12.1 Å². The molecule has 1 amide bonds. The third-order valence-corrected chi connectivity index (χ3v) is 9.13. The number of likely N-dealkylation sites (tertiary alicyclic amines) is 1. The number of aromatic nitrogens is 3. The lowest BCUT2D eigenvalue weighted by molar-refractivity contribution is -0.138. The van der Waals surface area contributed by atoms with E-state index in [9.17, 15) is 18.0 Å². The quantitative estimate of drug-likeness (QED) is 0.479. The topological polar surface area (TPSA) is 84.8 Å². The van der Waals surface area contributed by atoms with E-state index < -0.39 is 17.6 Å². The summed E-state index contributed by atoms with van der Waals surface area (Å²) in [5, 5.41) is 11.7. The van der Waals surface area contributed by atoms with Crippen molar-refractivity contribution in [3.63, 3.8) is 0 Å². The van der Waals surface area contributed by atoms with Crippen LogP contribution in [0.15, 0.2) is 42.7 Å². The number of alkyl halides is 3. The van der Waals surface area contributed by atoms with E-state index >= 15 is 0 Å². The zero-order valence-corrected chi connectivity index (χ0v) is 23.4. The fraction of sp³-hybridized carbons (Fsp3) is 0.500. The Balaban J connectivity index is 1.16. The summed E-state index contributed by atoms with van der Waals surface area (Å²) in [5.74, 6) is 0.395. The van der Waals surface area contributed by atoms with Crippen LogP contribution < -0.4 is 10.2 Å². The maximum absolute atomic E-state index is 14.4. The van der Waals surface area contributed by atoms with Gasteiger partial charge in [0.05, 0.1) is 38.0 Å². The van der Waals surface area contributed by atoms with Crippen LogP contribution in [0, 0.1) is 0 Å². The molecule has 2 atom stereocenters. The minimum atomic E-state index is -4.58. The molecule has 5 heterocycles. The molecule has 7 rings (SSSR count). The molecule has 42 heavy (non-hydrogen) atoms. The largest absolute Gasteiger partial charge is 0.416 e. The maximum Gasteiger partial charge on any atom is 0.416 e. The van der Waals surface area contributed by atoms with Gasteiger partial charge in [0, 0.05) is 62.4 Å². The van der Waals surface area contributed by atoms with Crippen molar-refractivity contribution in [3.8, 4) is 0 Å². The highest BCUT2D eigenvalue weighted by Crippen LogP contribution is 2.42. The summed E-state index contributed by atoms with van der Waals surface area (Å²) in [4.78, 5) is 17.3. The lowest BCUT2D eigenvalue weighted by atomic mass is 9.75. The van der Waals surface area contributed by atoms with Crippen LogP contribution in [0.2, 0.25) is 0 Å². The molecule has 0 unspecified atom stereocenters. The summed E-state index contributed by atoms with van der Waals surface area (Å²) in [6, 6.07) is 10.7. The van der Waals surface area contributed by atoms with Crippen LogP contribution in [0.1, 0.15) is 44.9 Å². The number of anilines is 1. The van der Waals surface area contributed by atoms with Crippen molar-refractivity contribution in [2.24, 2.45) is 7.05 Å². The number of aryl methyl sites for hydroxylation is 1. The third kappa shape index (κ3) is 4.89. The average Bonchev–Trinajstić information content (AvgIpc) is 3.51. The molecular weight excluding hydrogens is 549 g/mol. The smallest absolute Gasteiger partial charge is 0.379 e. The highest BCUT2D eigenvalue weighted by Gasteiger charge is 2.44. The fourth-order valence-corrected chi connectivity index (χ4v) is 6.75. The molecule has 4 aliphatic rings. The van der Waals surface area contributed by atoms with Crippen molar-refractivity contribution < 1.29 is 27.4 Å². The first-order valence-electron chi connectivity index (χ1n) is 14.3. The third-order valence-electron chi connectivity index (χ3n) is 9.13. The summed E-state index contributed by atoms with van der Waals surface area (Å²) >= 11 is 0. The number of carbonyl (C=O) groups excluding carboxylic acids is 1. The maximum atomic E-state index is 14.4. The van der Waals surface area contributed by atoms with Crippen molar-refractivity contribution in [3.05, 3.63) is 76.4 Å². The van der Waals surface area contributed by atoms with Gasteiger partial charge in [-0.15, -0.1) is 10.2 Å². The first-order chi connectivity index (χ1) is 20.2. The van der Waals surface area contributed by atoms with Crippen molar-refractivity contribution >= 4 is 11.6 Å². The van der Waals surface area contributed by atoms with Crippen LogP contribution >= 0.6 is 0 Å². The normalized spacial score (nSPS) is 23.9. The summed E-state index contributed by atoms with van der Waals surface area (Å²) in [6.07, 6.45) is -1.44. The van der Waals surface area contributed by atoms with E-state index in [4.69, 9.17) is 9.47 Å². The van der Waals surface area contributed by atoms with Gasteiger partial charge in [0.15, 0.2) is 0 Å². The Labute approximate surface area is 241 Å². The van der Waals surface area contributed by atoms with E-state index in [-0.39, 0.29) is 35.2 Å². The van der Waals surface area contributed by atoms with Crippen LogP contribution in [0.3, 0.4) is 0 Å². The zero-order chi connectivity index (χ0) is 29.1. The number of amides is 1. The van der Waals surface area contributed by atoms with Crippen LogP contribution in [-0.4, -0.2) is 77.2 Å². The minimum Gasteiger partial charge on any atom is -0.379 e. The zero-order valence-electron chi connectivity index (χ0n) is 23.4. The van der Waals surface area contributed by atoms with Crippen LogP contribution in [0.4, 0.5) is 18.9 Å². The molecular formula is C30H33F3N6O3. The van der Waals surface area contributed by atoms with Crippen molar-refractivity contribution in [1.29, 1.82) is 0 Å². The van der Waals surface area contributed by atoms with Crippen molar-refractivity contribution in [1.82, 2.24) is 25.0 Å². The molecule has 3 aromatic rings. The van der Waals surface area contributed by atoms with Crippen molar-refractivity contribution in [2.75, 3.05) is 44.4 Å². The van der Waals surface area contributed by atoms with Gasteiger partial charge in [-0.2, -0.15) is 13.2 Å². The molecule has 12 heteroatoms. The molecule has 3 saturated heterocycles. The van der Waals surface area contributed by atoms with E-state index in [0.717, 1.165) is 30.9 Å². The molecule has 9 nitrogen and oxygen atoms in total. The summed E-state index contributed by atoms with van der Waals surface area (Å²) < 4.78 is 56.5. The van der Waals surface area contributed by atoms with E-state index in [2.05, 4.69) is 20.4 Å². The highest BCUT2D eigenvalue weighted by molar-refractivity contribution is 6.10. The van der Waals surface area contributed by atoms with Gasteiger partial charge in [0.2, 0.25) is 0 Å². The predicted molar refractivity (Wildman–Crippen MR) is 147 cm³/mol. The number of morpholine rings is 1. The van der Waals surface area contributed by atoms with E-state index in [1.807, 2.05) is 29.8 Å². The number of hydrogen-bond donors (Lipinski definition) is 1. The average molecular weight is 583 g/mol. The van der Waals surface area contributed by atoms with Gasteiger partial charge in [-0.3, -0.25) is 9.69 Å². The van der Waals surface area contributed by atoms with Gasteiger partial charge in [-0.05, 0) is 47.4 Å². The van der Waals surface area contributed by atoms with Gasteiger partial charge >= 0.3 is 6.18 Å². The molecule has 1 N–H and O–H groups in total. The summed E-state index contributed by atoms with van der Waals surface area (Å²) in [6.45, 7) is 4.01. The second kappa shape index (κ2) is 10.4. The summed E-state index contributed by atoms with van der Waals surface area (Å²) in [7, 11) is 1.88. The molecule has 0 bridgehead atoms. The van der Waals surface area contributed by atoms with Crippen LogP contribution in [0.5, 0.6) is 0 Å². The lowest BCUT2D eigenvalue weighted by Gasteiger charge is -2.42. The summed E-state index contributed by atoms with van der Waals surface area (Å²) in [5.41, 5.74) is 1.08. The molecule has 0 saturated carbocycles. The molecule has 0 aliphatic carbocycles. The number of fused-ring (bicyclic) bond motifs is 2. The number of carbonyl (C=O) groups is 1. The number of nitrogens with one attached hydrogen (secondary N) is 1. The van der Waals surface area contributed by atoms with Gasteiger partial charge in [0.1, 0.15) is 12.2 Å². The lowest BCUT2D eigenvalue weighted by Crippen LogP contribution is -2.57. The Hall–Kier alpha value is -3.32. The monoisotopic (exact) mass is 582 g/mol. The number of nitrogens with zero attached hydrogens (tertiary/aromatic N) is 5. The van der Waals surface area contributed by atoms with E-state index in [0.29, 0.717) is 50.6 Å². The second-order valence-corrected chi connectivity index (χ2v) is 11.9. The Morgan fingerprint density at radius 2 is 2.05 bits per heavy atom. The van der Waals surface area contributed by atoms with Gasteiger partial charge < -0.3 is 24.3 Å². The number of ether oxygens (including phenoxy) is 2. The molecule has 222 valence electrons. The molecule has 1 aromatic heterocycles. The number of piperidine rings is 1. The van der Waals surface area contributed by atoms with Crippen molar-refractivity contribution in [2.45, 2.75) is 49.7 Å². The molecule has 4 aliphatic heterocycles. The van der Waals surface area contributed by atoms with Crippen LogP contribution in [-0.2, 0) is 47.6 Å². The molecule has 0 spiro atoms. The predicted octanol–water partition coefficient (Wildman–Crippen LogP) is 3.07. The highest BCUT2D eigenvalue weighted by atomic mass is 19.4. The standard InChI is InChI=1S/C30H33F3N6O3/c1-37-18-35-36-27(37)12-29(16-41-17-29)20-3-2-4-21(11-20)39-14-23-22(28(39)40)9-19(10-24(23)30(31,32)33)13-38-7-5-25-26(15-38)42-8-6-34-25/h2-4,9-11,18,25-26,34H,5-8,12-17H2,1H3/t25-,26+/m0/s1. The molecule has 3 fully saturated rings. The number of rotatable bonds is 6. The van der Waals surface area contributed by atoms with Crippen LogP contribution in [0.25, 0.3) is 0 Å². The Morgan fingerprint density at radius 1 is 1.19 bits per heavy atom. The second-order valence-electron chi connectivity index (χ2n) is 11.9. The van der Waals surface area contributed by atoms with Gasteiger partial charge in [-0.25, -0.2) is 0 Å². The SMILES string of the molecule is Cn1cnnc1CC1(c2cccc(N3Cc4c(cc(CN5CC[C@@H]6NCCO[C@@H]6C5)cc4C(F)(F)F)C3=O)c2)COC1. The number of hydrogen-bond acceptors (Lipinski definition) is 7. The Kier molecular flexibility index (Phi) is 6.84. The van der Waals surface area contributed by atoms with E-state index in [1.54, 1.807) is 18.5 Å². The number of benzene rings is 2. The van der Waals surface area contributed by atoms with Gasteiger partial charge in [0.25, 0.3) is 5.91 Å². The fourth-order valence-electron chi connectivity index (χ4n) is 6.75. The van der Waals surface area contributed by atoms with E-state index in [1.165, 1.54) is 11.0 Å². The first-order valence-corrected chi connectivity index (χ1v) is 14.3. The molecule has 2 aromatic carbocycles. The Morgan fingerprint density at radius 3 is 2.79 bits per heavy atom. The molecule has 0 radical (unpaired) electrons. The first kappa shape index (κ1) is 27.5.